The molecule has 0 saturated heterocycles. The van der Waals surface area contributed by atoms with Gasteiger partial charge in [0.25, 0.3) is 11.8 Å². The van der Waals surface area contributed by atoms with Crippen LogP contribution < -0.4 is 15.4 Å². The van der Waals surface area contributed by atoms with E-state index in [-0.39, 0.29) is 23.7 Å². The summed E-state index contributed by atoms with van der Waals surface area (Å²) in [7, 11) is 3.15. The minimum Gasteiger partial charge on any atom is -0.486 e. The van der Waals surface area contributed by atoms with Crippen molar-refractivity contribution in [2.75, 3.05) is 12.4 Å². The summed E-state index contributed by atoms with van der Waals surface area (Å²) in [6.45, 7) is 2.04. The molecular formula is C19H19ClN4O4. The van der Waals surface area contributed by atoms with Gasteiger partial charge in [0.1, 0.15) is 18.1 Å². The molecule has 146 valence electrons. The first-order chi connectivity index (χ1) is 13.4. The Labute approximate surface area is 166 Å². The predicted octanol–water partition coefficient (Wildman–Crippen LogP) is 3.17. The second-order valence-electron chi connectivity index (χ2n) is 6.06. The van der Waals surface area contributed by atoms with Crippen molar-refractivity contribution in [3.05, 3.63) is 64.3 Å². The van der Waals surface area contributed by atoms with Crippen LogP contribution in [0.2, 0.25) is 5.02 Å². The third-order valence-electron chi connectivity index (χ3n) is 3.92. The number of ether oxygens (including phenoxy) is 1. The van der Waals surface area contributed by atoms with Gasteiger partial charge in [0.2, 0.25) is 0 Å². The van der Waals surface area contributed by atoms with E-state index in [1.165, 1.54) is 24.0 Å². The minimum atomic E-state index is -0.494. The highest BCUT2D eigenvalue weighted by Gasteiger charge is 2.19. The van der Waals surface area contributed by atoms with Crippen molar-refractivity contribution in [2.45, 2.75) is 13.5 Å². The van der Waals surface area contributed by atoms with Crippen LogP contribution in [0.1, 0.15) is 32.4 Å². The molecule has 0 saturated carbocycles. The molecule has 0 spiro atoms. The molecule has 9 heteroatoms. The lowest BCUT2D eigenvalue weighted by atomic mass is 10.2. The summed E-state index contributed by atoms with van der Waals surface area (Å²) < 4.78 is 12.6. The Morgan fingerprint density at radius 2 is 2.04 bits per heavy atom. The van der Waals surface area contributed by atoms with E-state index in [1.54, 1.807) is 25.2 Å². The van der Waals surface area contributed by atoms with Gasteiger partial charge in [0.05, 0.1) is 5.69 Å². The molecule has 8 nitrogen and oxygen atoms in total. The smallest absolute Gasteiger partial charge is 0.291 e. The molecule has 2 N–H and O–H groups in total. The van der Waals surface area contributed by atoms with Crippen molar-refractivity contribution in [3.63, 3.8) is 0 Å². The highest BCUT2D eigenvalue weighted by Crippen LogP contribution is 2.22. The van der Waals surface area contributed by atoms with Gasteiger partial charge in [0.15, 0.2) is 11.5 Å². The number of halogens is 1. The number of nitrogens with zero attached hydrogens (tertiary/aromatic N) is 2. The van der Waals surface area contributed by atoms with Crippen molar-refractivity contribution in [2.24, 2.45) is 7.05 Å². The first-order valence-electron chi connectivity index (χ1n) is 8.42. The lowest BCUT2D eigenvalue weighted by molar-refractivity contribution is 0.0958. The molecule has 1 aromatic carbocycles. The van der Waals surface area contributed by atoms with Gasteiger partial charge in [-0.1, -0.05) is 11.6 Å². The molecule has 0 aliphatic heterocycles. The minimum absolute atomic E-state index is 0.0950. The van der Waals surface area contributed by atoms with Crippen molar-refractivity contribution in [1.82, 2.24) is 15.1 Å². The number of furan rings is 1. The van der Waals surface area contributed by atoms with Crippen LogP contribution in [0.5, 0.6) is 5.75 Å². The fraction of sp³-hybridized carbons (Fsp3) is 0.211. The van der Waals surface area contributed by atoms with Gasteiger partial charge in [-0.25, -0.2) is 0 Å². The summed E-state index contributed by atoms with van der Waals surface area (Å²) >= 11 is 5.99. The van der Waals surface area contributed by atoms with E-state index >= 15 is 0 Å². The predicted molar refractivity (Wildman–Crippen MR) is 104 cm³/mol. The molecule has 0 aliphatic rings. The van der Waals surface area contributed by atoms with Gasteiger partial charge in [0, 0.05) is 25.3 Å². The number of carbonyl (C=O) groups is 2. The summed E-state index contributed by atoms with van der Waals surface area (Å²) in [6.07, 6.45) is 1.54. The van der Waals surface area contributed by atoms with Crippen LogP contribution in [-0.4, -0.2) is 28.6 Å². The number of hydrogen-bond acceptors (Lipinski definition) is 5. The van der Waals surface area contributed by atoms with Gasteiger partial charge in [-0.05, 0) is 42.8 Å². The van der Waals surface area contributed by atoms with E-state index in [4.69, 9.17) is 20.8 Å². The first kappa shape index (κ1) is 19.5. The number of hydrogen-bond donors (Lipinski definition) is 2. The molecule has 0 unspecified atom stereocenters. The number of anilines is 1. The van der Waals surface area contributed by atoms with Crippen LogP contribution in [0.25, 0.3) is 0 Å². The molecular weight excluding hydrogens is 384 g/mol. The Morgan fingerprint density at radius 1 is 1.25 bits per heavy atom. The van der Waals surface area contributed by atoms with E-state index < -0.39 is 11.8 Å². The van der Waals surface area contributed by atoms with Crippen LogP contribution in [0.15, 0.2) is 40.9 Å². The topological polar surface area (TPSA) is 98.4 Å². The summed E-state index contributed by atoms with van der Waals surface area (Å²) in [5.41, 5.74) is 1.31. The van der Waals surface area contributed by atoms with Crippen LogP contribution in [0.3, 0.4) is 0 Å². The average molecular weight is 403 g/mol. The molecule has 28 heavy (non-hydrogen) atoms. The second-order valence-corrected chi connectivity index (χ2v) is 6.47. The van der Waals surface area contributed by atoms with Crippen LogP contribution in [-0.2, 0) is 13.7 Å². The number of amides is 2. The van der Waals surface area contributed by atoms with Crippen molar-refractivity contribution in [1.29, 1.82) is 0 Å². The van der Waals surface area contributed by atoms with Crippen molar-refractivity contribution in [3.8, 4) is 5.75 Å². The molecule has 2 heterocycles. The molecule has 0 fully saturated rings. The largest absolute Gasteiger partial charge is 0.486 e. The summed E-state index contributed by atoms with van der Waals surface area (Å²) in [6, 6.07) is 8.53. The van der Waals surface area contributed by atoms with E-state index in [9.17, 15) is 9.59 Å². The van der Waals surface area contributed by atoms with Gasteiger partial charge in [-0.2, -0.15) is 5.10 Å². The zero-order chi connectivity index (χ0) is 20.3. The molecule has 0 bridgehead atoms. The third-order valence-corrected chi connectivity index (χ3v) is 4.34. The summed E-state index contributed by atoms with van der Waals surface area (Å²) in [5.74, 6) is 0.331. The maximum absolute atomic E-state index is 12.4. The molecule has 3 aromatic rings. The zero-order valence-electron chi connectivity index (χ0n) is 15.6. The fourth-order valence-electron chi connectivity index (χ4n) is 2.49. The number of aryl methyl sites for hydroxylation is 2. The Balaban J connectivity index is 1.66. The SMILES string of the molecule is CNC(=O)c1nn(C)cc1NC(=O)c1ccc(COc2ccc(Cl)c(C)c2)o1. The van der Waals surface area contributed by atoms with E-state index in [1.807, 2.05) is 13.0 Å². The molecule has 2 amide bonds. The van der Waals surface area contributed by atoms with Crippen LogP contribution >= 0.6 is 11.6 Å². The van der Waals surface area contributed by atoms with Crippen LogP contribution in [0, 0.1) is 6.92 Å². The number of benzene rings is 1. The first-order valence-corrected chi connectivity index (χ1v) is 8.80. The molecule has 0 radical (unpaired) electrons. The number of nitrogens with one attached hydrogen (secondary N) is 2. The molecule has 0 atom stereocenters. The Kier molecular flexibility index (Phi) is 5.70. The Hall–Kier alpha value is -3.26. The molecule has 0 aliphatic carbocycles. The highest BCUT2D eigenvalue weighted by molar-refractivity contribution is 6.31. The van der Waals surface area contributed by atoms with Gasteiger partial charge in [-0.15, -0.1) is 0 Å². The van der Waals surface area contributed by atoms with E-state index in [0.29, 0.717) is 16.5 Å². The maximum Gasteiger partial charge on any atom is 0.291 e. The summed E-state index contributed by atoms with van der Waals surface area (Å²) in [5, 5.41) is 9.81. The molecule has 2 aromatic heterocycles. The fourth-order valence-corrected chi connectivity index (χ4v) is 2.61. The van der Waals surface area contributed by atoms with Crippen LogP contribution in [0.4, 0.5) is 5.69 Å². The molecule has 3 rings (SSSR count). The Bertz CT molecular complexity index is 1020. The lowest BCUT2D eigenvalue weighted by Crippen LogP contribution is -2.21. The Morgan fingerprint density at radius 3 is 2.75 bits per heavy atom. The number of carbonyl (C=O) groups excluding carboxylic acids is 2. The number of aromatic nitrogens is 2. The number of rotatable bonds is 6. The van der Waals surface area contributed by atoms with Gasteiger partial charge < -0.3 is 19.8 Å². The standard InChI is InChI=1S/C19H19ClN4O4/c1-11-8-12(4-6-14(11)20)27-10-13-5-7-16(28-13)18(25)22-15-9-24(3)23-17(15)19(26)21-2/h4-9H,10H2,1-3H3,(H,21,26)(H,22,25). The van der Waals surface area contributed by atoms with E-state index in [0.717, 1.165) is 5.56 Å². The van der Waals surface area contributed by atoms with Crippen molar-refractivity contribution >= 4 is 29.1 Å². The maximum atomic E-state index is 12.4. The van der Waals surface area contributed by atoms with E-state index in [2.05, 4.69) is 15.7 Å². The van der Waals surface area contributed by atoms with Gasteiger partial charge >= 0.3 is 0 Å². The summed E-state index contributed by atoms with van der Waals surface area (Å²) in [4.78, 5) is 24.3. The normalized spacial score (nSPS) is 10.6. The monoisotopic (exact) mass is 402 g/mol. The van der Waals surface area contributed by atoms with Gasteiger partial charge in [-0.3, -0.25) is 14.3 Å². The lowest BCUT2D eigenvalue weighted by Gasteiger charge is -2.06. The average Bonchev–Trinajstić information content (AvgIpc) is 3.28. The van der Waals surface area contributed by atoms with Crippen molar-refractivity contribution < 1.29 is 18.7 Å². The third kappa shape index (κ3) is 4.34. The quantitative estimate of drug-likeness (QED) is 0.659. The zero-order valence-corrected chi connectivity index (χ0v) is 16.3. The second kappa shape index (κ2) is 8.18. The highest BCUT2D eigenvalue weighted by atomic mass is 35.5.